The first-order chi connectivity index (χ1) is 6.18. The summed E-state index contributed by atoms with van der Waals surface area (Å²) >= 11 is 0. The fraction of sp³-hybridized carbons (Fsp3) is 0.222. The van der Waals surface area contributed by atoms with E-state index < -0.39 is 12.3 Å². The van der Waals surface area contributed by atoms with Gasteiger partial charge in [-0.2, -0.15) is 0 Å². The predicted molar refractivity (Wildman–Crippen MR) is 43.2 cm³/mol. The molecular weight excluding hydrogens is 172 g/mol. The number of aromatic hydroxyl groups is 1. The number of carbonyl (C=O) groups excluding carboxylic acids is 1. The average Bonchev–Trinajstić information content (AvgIpc) is 2.07. The van der Waals surface area contributed by atoms with Crippen LogP contribution in [0.3, 0.4) is 0 Å². The Morgan fingerprint density at radius 3 is 3.00 bits per heavy atom. The van der Waals surface area contributed by atoms with Gasteiger partial charge < -0.3 is 14.9 Å². The molecule has 1 atom stereocenters. The molecule has 0 saturated heterocycles. The van der Waals surface area contributed by atoms with Crippen LogP contribution in [0.2, 0.25) is 0 Å². The second-order valence-corrected chi connectivity index (χ2v) is 2.87. The molecule has 1 aliphatic heterocycles. The average molecular weight is 180 g/mol. The number of phenolic OH excluding ortho intramolecular Hbond substituents is 1. The van der Waals surface area contributed by atoms with Gasteiger partial charge in [0.1, 0.15) is 5.75 Å². The van der Waals surface area contributed by atoms with Crippen LogP contribution in [0, 0.1) is 0 Å². The molecule has 0 aromatic heterocycles. The zero-order chi connectivity index (χ0) is 9.42. The summed E-state index contributed by atoms with van der Waals surface area (Å²) < 4.78 is 4.57. The van der Waals surface area contributed by atoms with E-state index in [0.29, 0.717) is 11.1 Å². The first-order valence-electron chi connectivity index (χ1n) is 3.88. The number of fused-ring (bicyclic) bond motifs is 1. The number of benzene rings is 1. The maximum atomic E-state index is 11.2. The Labute approximate surface area is 74.4 Å². The quantitative estimate of drug-likeness (QED) is 0.568. The first-order valence-corrected chi connectivity index (χ1v) is 3.88. The monoisotopic (exact) mass is 180 g/mol. The lowest BCUT2D eigenvalue weighted by molar-refractivity contribution is -0.0690. The molecule has 0 bridgehead atoms. The fourth-order valence-corrected chi connectivity index (χ4v) is 1.38. The van der Waals surface area contributed by atoms with E-state index in [1.807, 2.05) is 0 Å². The van der Waals surface area contributed by atoms with Crippen molar-refractivity contribution in [1.29, 1.82) is 0 Å². The number of rotatable bonds is 0. The zero-order valence-electron chi connectivity index (χ0n) is 6.73. The summed E-state index contributed by atoms with van der Waals surface area (Å²) in [6.45, 7) is 0. The number of esters is 1. The van der Waals surface area contributed by atoms with Gasteiger partial charge in [0, 0.05) is 12.0 Å². The van der Waals surface area contributed by atoms with Gasteiger partial charge in [0.2, 0.25) is 6.29 Å². The molecule has 2 rings (SSSR count). The Kier molecular flexibility index (Phi) is 1.70. The molecule has 0 saturated carbocycles. The number of cyclic esters (lactones) is 1. The van der Waals surface area contributed by atoms with Gasteiger partial charge in [-0.05, 0) is 12.1 Å². The number of carbonyl (C=O) groups is 1. The summed E-state index contributed by atoms with van der Waals surface area (Å²) in [5, 5.41) is 18.5. The minimum absolute atomic E-state index is 0.0215. The highest BCUT2D eigenvalue weighted by molar-refractivity contribution is 5.92. The summed E-state index contributed by atoms with van der Waals surface area (Å²) in [7, 11) is 0. The summed E-state index contributed by atoms with van der Waals surface area (Å²) in [4.78, 5) is 11.2. The number of hydrogen-bond donors (Lipinski definition) is 2. The molecule has 0 radical (unpaired) electrons. The maximum absolute atomic E-state index is 11.2. The van der Waals surface area contributed by atoms with Crippen LogP contribution in [-0.4, -0.2) is 22.5 Å². The highest BCUT2D eigenvalue weighted by atomic mass is 16.6. The number of phenols is 1. The van der Waals surface area contributed by atoms with Crippen molar-refractivity contribution >= 4 is 5.97 Å². The van der Waals surface area contributed by atoms with Crippen molar-refractivity contribution in [3.05, 3.63) is 29.3 Å². The highest BCUT2D eigenvalue weighted by Crippen LogP contribution is 2.27. The van der Waals surface area contributed by atoms with Crippen LogP contribution in [0.5, 0.6) is 5.75 Å². The first kappa shape index (κ1) is 8.07. The molecule has 0 amide bonds. The molecule has 1 heterocycles. The third-order valence-electron chi connectivity index (χ3n) is 1.99. The standard InChI is InChI=1S/C9H8O4/c10-7-3-1-2-5-6(7)4-8(11)13-9(5)12/h1-3,8,10-11H,4H2. The van der Waals surface area contributed by atoms with Crippen molar-refractivity contribution in [3.63, 3.8) is 0 Å². The fourth-order valence-electron chi connectivity index (χ4n) is 1.38. The number of aliphatic hydroxyl groups is 1. The van der Waals surface area contributed by atoms with Crippen molar-refractivity contribution in [2.45, 2.75) is 12.7 Å². The van der Waals surface area contributed by atoms with E-state index >= 15 is 0 Å². The SMILES string of the molecule is O=C1OC(O)Cc2c(O)cccc21. The van der Waals surface area contributed by atoms with Crippen molar-refractivity contribution in [3.8, 4) is 5.75 Å². The third kappa shape index (κ3) is 1.25. The molecule has 1 aromatic rings. The largest absolute Gasteiger partial charge is 0.508 e. The van der Waals surface area contributed by atoms with E-state index in [1.165, 1.54) is 6.07 Å². The molecule has 1 aliphatic rings. The van der Waals surface area contributed by atoms with Crippen molar-refractivity contribution < 1.29 is 19.7 Å². The molecule has 2 N–H and O–H groups in total. The van der Waals surface area contributed by atoms with E-state index in [9.17, 15) is 9.90 Å². The van der Waals surface area contributed by atoms with E-state index in [0.717, 1.165) is 0 Å². The van der Waals surface area contributed by atoms with E-state index in [4.69, 9.17) is 5.11 Å². The van der Waals surface area contributed by atoms with Gasteiger partial charge in [-0.15, -0.1) is 0 Å². The lowest BCUT2D eigenvalue weighted by Crippen LogP contribution is -2.27. The highest BCUT2D eigenvalue weighted by Gasteiger charge is 2.26. The van der Waals surface area contributed by atoms with Gasteiger partial charge >= 0.3 is 5.97 Å². The molecule has 1 unspecified atom stereocenters. The summed E-state index contributed by atoms with van der Waals surface area (Å²) in [6, 6.07) is 4.60. The Morgan fingerprint density at radius 2 is 2.23 bits per heavy atom. The normalized spacial score (nSPS) is 20.7. The number of hydrogen-bond acceptors (Lipinski definition) is 4. The van der Waals surface area contributed by atoms with Crippen molar-refractivity contribution in [2.24, 2.45) is 0 Å². The topological polar surface area (TPSA) is 66.8 Å². The second kappa shape index (κ2) is 2.74. The molecule has 1 aromatic carbocycles. The van der Waals surface area contributed by atoms with Crippen LogP contribution in [-0.2, 0) is 11.2 Å². The smallest absolute Gasteiger partial charge is 0.340 e. The van der Waals surface area contributed by atoms with Gasteiger partial charge in [-0.1, -0.05) is 6.07 Å². The van der Waals surface area contributed by atoms with Crippen molar-refractivity contribution in [1.82, 2.24) is 0 Å². The Bertz CT molecular complexity index is 359. The maximum Gasteiger partial charge on any atom is 0.340 e. The molecule has 13 heavy (non-hydrogen) atoms. The molecule has 68 valence electrons. The molecular formula is C9H8O4. The molecule has 0 fully saturated rings. The minimum atomic E-state index is -1.15. The summed E-state index contributed by atoms with van der Waals surface area (Å²) in [6.07, 6.45) is -0.999. The van der Waals surface area contributed by atoms with Gasteiger partial charge in [0.15, 0.2) is 0 Å². The lowest BCUT2D eigenvalue weighted by Gasteiger charge is -2.20. The molecule has 4 nitrogen and oxygen atoms in total. The van der Waals surface area contributed by atoms with E-state index in [2.05, 4.69) is 4.74 Å². The lowest BCUT2D eigenvalue weighted by atomic mass is 10.0. The third-order valence-corrected chi connectivity index (χ3v) is 1.99. The minimum Gasteiger partial charge on any atom is -0.508 e. The Hall–Kier alpha value is -1.55. The Morgan fingerprint density at radius 1 is 1.46 bits per heavy atom. The van der Waals surface area contributed by atoms with Crippen LogP contribution in [0.25, 0.3) is 0 Å². The van der Waals surface area contributed by atoms with Crippen molar-refractivity contribution in [2.75, 3.05) is 0 Å². The van der Waals surface area contributed by atoms with Crippen LogP contribution in [0.1, 0.15) is 15.9 Å². The summed E-state index contributed by atoms with van der Waals surface area (Å²) in [5.74, 6) is -0.571. The predicted octanol–water partition coefficient (Wildman–Crippen LogP) is 0.423. The van der Waals surface area contributed by atoms with Crippen LogP contribution in [0.15, 0.2) is 18.2 Å². The molecule has 0 aliphatic carbocycles. The zero-order valence-corrected chi connectivity index (χ0v) is 6.73. The number of aliphatic hydroxyl groups excluding tert-OH is 1. The van der Waals surface area contributed by atoms with E-state index in [1.54, 1.807) is 12.1 Å². The Balaban J connectivity index is 2.55. The summed E-state index contributed by atoms with van der Waals surface area (Å²) in [5.41, 5.74) is 0.775. The number of ether oxygens (including phenoxy) is 1. The van der Waals surface area contributed by atoms with E-state index in [-0.39, 0.29) is 12.2 Å². The van der Waals surface area contributed by atoms with Crippen LogP contribution >= 0.6 is 0 Å². The van der Waals surface area contributed by atoms with Gasteiger partial charge in [0.25, 0.3) is 0 Å². The van der Waals surface area contributed by atoms with Crippen LogP contribution < -0.4 is 0 Å². The van der Waals surface area contributed by atoms with Gasteiger partial charge in [0.05, 0.1) is 5.56 Å². The molecule has 0 spiro atoms. The van der Waals surface area contributed by atoms with Crippen LogP contribution in [0.4, 0.5) is 0 Å². The molecule has 4 heteroatoms. The second-order valence-electron chi connectivity index (χ2n) is 2.87. The van der Waals surface area contributed by atoms with Gasteiger partial charge in [-0.3, -0.25) is 0 Å². The van der Waals surface area contributed by atoms with Gasteiger partial charge in [-0.25, -0.2) is 4.79 Å².